The summed E-state index contributed by atoms with van der Waals surface area (Å²) >= 11 is 0. The van der Waals surface area contributed by atoms with E-state index in [1.807, 2.05) is 55.5 Å². The zero-order valence-corrected chi connectivity index (χ0v) is 16.9. The van der Waals surface area contributed by atoms with Gasteiger partial charge in [0, 0.05) is 5.69 Å². The number of nitriles is 1. The van der Waals surface area contributed by atoms with Gasteiger partial charge < -0.3 is 14.8 Å². The van der Waals surface area contributed by atoms with Gasteiger partial charge in [-0.1, -0.05) is 42.0 Å². The van der Waals surface area contributed by atoms with Crippen molar-refractivity contribution in [1.82, 2.24) is 0 Å². The molecule has 0 heterocycles. The van der Waals surface area contributed by atoms with Gasteiger partial charge >= 0.3 is 0 Å². The second-order valence-electron chi connectivity index (χ2n) is 6.70. The van der Waals surface area contributed by atoms with Gasteiger partial charge in [0.15, 0.2) is 0 Å². The first-order valence-corrected chi connectivity index (χ1v) is 9.43. The second kappa shape index (κ2) is 9.94. The number of benzene rings is 3. The van der Waals surface area contributed by atoms with Crippen LogP contribution in [0.1, 0.15) is 16.7 Å². The standard InChI is InChI=1S/C25H22N2O3/c1-18-4-3-5-20(14-18)17-30-24-10-6-19(7-11-24)15-21(16-26)25(28)27-22-8-12-23(29-2)13-9-22/h3-15H,17H2,1-2H3,(H,27,28)/b21-15-. The third-order valence-corrected chi connectivity index (χ3v) is 4.39. The first-order valence-electron chi connectivity index (χ1n) is 9.43. The molecule has 3 aromatic rings. The van der Waals surface area contributed by atoms with Gasteiger partial charge in [-0.15, -0.1) is 0 Å². The number of ether oxygens (including phenoxy) is 2. The molecule has 150 valence electrons. The fourth-order valence-corrected chi connectivity index (χ4v) is 2.82. The van der Waals surface area contributed by atoms with Crippen LogP contribution in [0.3, 0.4) is 0 Å². The number of anilines is 1. The Labute approximate surface area is 176 Å². The molecule has 0 aromatic heterocycles. The molecule has 5 nitrogen and oxygen atoms in total. The van der Waals surface area contributed by atoms with Crippen LogP contribution in [0.15, 0.2) is 78.4 Å². The summed E-state index contributed by atoms with van der Waals surface area (Å²) in [6.07, 6.45) is 1.54. The molecule has 0 saturated heterocycles. The Morgan fingerprint density at radius 3 is 2.37 bits per heavy atom. The molecule has 30 heavy (non-hydrogen) atoms. The summed E-state index contributed by atoms with van der Waals surface area (Å²) in [5, 5.41) is 12.1. The van der Waals surface area contributed by atoms with Crippen molar-refractivity contribution in [2.45, 2.75) is 13.5 Å². The third kappa shape index (κ3) is 5.73. The average molecular weight is 398 g/mol. The van der Waals surface area contributed by atoms with Crippen molar-refractivity contribution in [2.75, 3.05) is 12.4 Å². The Morgan fingerprint density at radius 2 is 1.73 bits per heavy atom. The van der Waals surface area contributed by atoms with Crippen LogP contribution in [0.25, 0.3) is 6.08 Å². The Balaban J connectivity index is 1.63. The fraction of sp³-hybridized carbons (Fsp3) is 0.120. The molecule has 0 atom stereocenters. The monoisotopic (exact) mass is 398 g/mol. The molecule has 0 radical (unpaired) electrons. The van der Waals surface area contributed by atoms with Crippen molar-refractivity contribution in [1.29, 1.82) is 5.26 Å². The van der Waals surface area contributed by atoms with Crippen LogP contribution in [-0.4, -0.2) is 13.0 Å². The zero-order valence-electron chi connectivity index (χ0n) is 16.9. The first kappa shape index (κ1) is 20.7. The van der Waals surface area contributed by atoms with Crippen LogP contribution in [0.2, 0.25) is 0 Å². The van der Waals surface area contributed by atoms with Gasteiger partial charge in [0.25, 0.3) is 5.91 Å². The highest BCUT2D eigenvalue weighted by Gasteiger charge is 2.10. The van der Waals surface area contributed by atoms with Gasteiger partial charge in [0.05, 0.1) is 7.11 Å². The molecule has 1 amide bonds. The predicted molar refractivity (Wildman–Crippen MR) is 117 cm³/mol. The molecule has 0 spiro atoms. The number of rotatable bonds is 7. The summed E-state index contributed by atoms with van der Waals surface area (Å²) in [6, 6.07) is 24.3. The van der Waals surface area contributed by atoms with E-state index in [2.05, 4.69) is 11.4 Å². The molecule has 0 aliphatic carbocycles. The summed E-state index contributed by atoms with van der Waals surface area (Å²) in [5.74, 6) is 0.936. The number of hydrogen-bond donors (Lipinski definition) is 1. The lowest BCUT2D eigenvalue weighted by atomic mass is 10.1. The molecule has 0 saturated carbocycles. The summed E-state index contributed by atoms with van der Waals surface area (Å²) < 4.78 is 10.9. The SMILES string of the molecule is COc1ccc(NC(=O)/C(C#N)=C\c2ccc(OCc3cccc(C)c3)cc2)cc1. The van der Waals surface area contributed by atoms with Crippen LogP contribution < -0.4 is 14.8 Å². The highest BCUT2D eigenvalue weighted by atomic mass is 16.5. The number of carbonyl (C=O) groups excluding carboxylic acids is 1. The maximum atomic E-state index is 12.4. The molecule has 0 bridgehead atoms. The lowest BCUT2D eigenvalue weighted by molar-refractivity contribution is -0.112. The normalized spacial score (nSPS) is 10.8. The number of nitrogens with one attached hydrogen (secondary N) is 1. The average Bonchev–Trinajstić information content (AvgIpc) is 2.77. The molecule has 0 aliphatic heterocycles. The minimum absolute atomic E-state index is 0.0132. The molecular weight excluding hydrogens is 376 g/mol. The lowest BCUT2D eigenvalue weighted by Crippen LogP contribution is -2.13. The number of carbonyl (C=O) groups is 1. The predicted octanol–water partition coefficient (Wildman–Crippen LogP) is 5.13. The van der Waals surface area contributed by atoms with E-state index in [1.54, 1.807) is 37.5 Å². The fourth-order valence-electron chi connectivity index (χ4n) is 2.82. The largest absolute Gasteiger partial charge is 0.497 e. The zero-order chi connectivity index (χ0) is 21.3. The molecular formula is C25H22N2O3. The second-order valence-corrected chi connectivity index (χ2v) is 6.70. The Morgan fingerprint density at radius 1 is 1.03 bits per heavy atom. The molecule has 3 rings (SSSR count). The van der Waals surface area contributed by atoms with Gasteiger partial charge in [-0.3, -0.25) is 4.79 Å². The van der Waals surface area contributed by atoms with Gasteiger partial charge in [0.2, 0.25) is 0 Å². The minimum atomic E-state index is -0.470. The van der Waals surface area contributed by atoms with E-state index in [1.165, 1.54) is 5.56 Å². The Bertz CT molecular complexity index is 1080. The lowest BCUT2D eigenvalue weighted by Gasteiger charge is -2.08. The van der Waals surface area contributed by atoms with Crippen molar-refractivity contribution in [3.63, 3.8) is 0 Å². The number of aryl methyl sites for hydroxylation is 1. The number of amides is 1. The van der Waals surface area contributed by atoms with Crippen LogP contribution >= 0.6 is 0 Å². The summed E-state index contributed by atoms with van der Waals surface area (Å²) in [6.45, 7) is 2.52. The maximum absolute atomic E-state index is 12.4. The topological polar surface area (TPSA) is 71.3 Å². The van der Waals surface area contributed by atoms with Crippen LogP contribution in [0.4, 0.5) is 5.69 Å². The summed E-state index contributed by atoms with van der Waals surface area (Å²) in [5.41, 5.74) is 3.62. The van der Waals surface area contributed by atoms with E-state index < -0.39 is 5.91 Å². The van der Waals surface area contributed by atoms with Crippen LogP contribution in [0, 0.1) is 18.3 Å². The highest BCUT2D eigenvalue weighted by Crippen LogP contribution is 2.18. The molecule has 0 fully saturated rings. The van der Waals surface area contributed by atoms with Gasteiger partial charge in [-0.05, 0) is 60.5 Å². The Hall–Kier alpha value is -4.04. The quantitative estimate of drug-likeness (QED) is 0.442. The summed E-state index contributed by atoms with van der Waals surface area (Å²) in [4.78, 5) is 12.4. The van der Waals surface area contributed by atoms with Crippen molar-refractivity contribution < 1.29 is 14.3 Å². The van der Waals surface area contributed by atoms with E-state index in [-0.39, 0.29) is 5.57 Å². The molecule has 5 heteroatoms. The Kier molecular flexibility index (Phi) is 6.86. The van der Waals surface area contributed by atoms with E-state index in [0.29, 0.717) is 18.0 Å². The van der Waals surface area contributed by atoms with Gasteiger partial charge in [-0.25, -0.2) is 0 Å². The van der Waals surface area contributed by atoms with E-state index >= 15 is 0 Å². The number of hydrogen-bond acceptors (Lipinski definition) is 4. The maximum Gasteiger partial charge on any atom is 0.266 e. The third-order valence-electron chi connectivity index (χ3n) is 4.39. The van der Waals surface area contributed by atoms with E-state index in [9.17, 15) is 10.1 Å². The smallest absolute Gasteiger partial charge is 0.266 e. The highest BCUT2D eigenvalue weighted by molar-refractivity contribution is 6.09. The van der Waals surface area contributed by atoms with Crippen molar-refractivity contribution in [3.05, 3.63) is 95.1 Å². The first-order chi connectivity index (χ1) is 14.6. The molecule has 0 unspecified atom stereocenters. The van der Waals surface area contributed by atoms with Crippen molar-refractivity contribution in [2.24, 2.45) is 0 Å². The van der Waals surface area contributed by atoms with Crippen molar-refractivity contribution in [3.8, 4) is 17.6 Å². The van der Waals surface area contributed by atoms with E-state index in [4.69, 9.17) is 9.47 Å². The molecule has 3 aromatic carbocycles. The van der Waals surface area contributed by atoms with E-state index in [0.717, 1.165) is 16.9 Å². The minimum Gasteiger partial charge on any atom is -0.497 e. The molecule has 0 aliphatic rings. The van der Waals surface area contributed by atoms with Crippen molar-refractivity contribution >= 4 is 17.7 Å². The van der Waals surface area contributed by atoms with Crippen LogP contribution in [-0.2, 0) is 11.4 Å². The summed E-state index contributed by atoms with van der Waals surface area (Å²) in [7, 11) is 1.57. The number of nitrogens with zero attached hydrogens (tertiary/aromatic N) is 1. The number of methoxy groups -OCH3 is 1. The van der Waals surface area contributed by atoms with Gasteiger partial charge in [0.1, 0.15) is 29.7 Å². The van der Waals surface area contributed by atoms with Crippen LogP contribution in [0.5, 0.6) is 11.5 Å². The molecule has 1 N–H and O–H groups in total. The van der Waals surface area contributed by atoms with Gasteiger partial charge in [-0.2, -0.15) is 5.26 Å².